The van der Waals surface area contributed by atoms with E-state index in [1.165, 1.54) is 32.9 Å². The number of aliphatic imine (C=N–C) groups is 1. The molecule has 1 aromatic heterocycles. The normalized spacial score (nSPS) is 12.8. The molecule has 1 aliphatic rings. The number of fused-ring (bicyclic) bond motifs is 3. The van der Waals surface area contributed by atoms with Crippen molar-refractivity contribution in [1.29, 1.82) is 0 Å². The maximum atomic E-state index is 5.56. The number of hydrogen-bond donors (Lipinski definition) is 0. The molecule has 268 valence electrons. The summed E-state index contributed by atoms with van der Waals surface area (Å²) in [5.41, 5.74) is 21.2. The highest BCUT2D eigenvalue weighted by molar-refractivity contribution is 6.17. The highest BCUT2D eigenvalue weighted by Gasteiger charge is 2.18. The Balaban J connectivity index is 1.12. The number of allylic oxidation sites excluding steroid dienone is 2. The summed E-state index contributed by atoms with van der Waals surface area (Å²) in [6, 6.07) is 73.5. The van der Waals surface area contributed by atoms with Gasteiger partial charge in [-0.3, -0.25) is 0 Å². The topological polar surface area (TPSA) is 17.3 Å². The zero-order valence-corrected chi connectivity index (χ0v) is 31.6. The fourth-order valence-electron chi connectivity index (χ4n) is 8.11. The van der Waals surface area contributed by atoms with Crippen LogP contribution in [0.4, 0.5) is 0 Å². The molecule has 8 aromatic carbocycles. The summed E-state index contributed by atoms with van der Waals surface area (Å²) in [6.45, 7) is 2.13. The van der Waals surface area contributed by atoms with E-state index >= 15 is 0 Å². The van der Waals surface area contributed by atoms with Gasteiger partial charge in [0.15, 0.2) is 0 Å². The Hall–Kier alpha value is -7.51. The van der Waals surface area contributed by atoms with E-state index in [-0.39, 0.29) is 0 Å². The lowest BCUT2D eigenvalue weighted by Gasteiger charge is -2.14. The second-order valence-corrected chi connectivity index (χ2v) is 14.6. The van der Waals surface area contributed by atoms with Crippen LogP contribution in [0.3, 0.4) is 0 Å². The molecule has 2 heterocycles. The van der Waals surface area contributed by atoms with Crippen molar-refractivity contribution in [1.82, 2.24) is 4.57 Å². The molecule has 0 aliphatic carbocycles. The molecule has 0 atom stereocenters. The molecule has 10 rings (SSSR count). The van der Waals surface area contributed by atoms with Gasteiger partial charge in [-0.15, -0.1) is 5.73 Å². The van der Waals surface area contributed by atoms with E-state index < -0.39 is 0 Å². The molecule has 0 amide bonds. The lowest BCUT2D eigenvalue weighted by molar-refractivity contribution is 1.18. The summed E-state index contributed by atoms with van der Waals surface area (Å²) in [6.07, 6.45) is 2.19. The van der Waals surface area contributed by atoms with E-state index in [0.29, 0.717) is 0 Å². The fourth-order valence-corrected chi connectivity index (χ4v) is 8.11. The summed E-state index contributed by atoms with van der Waals surface area (Å²) in [4.78, 5) is 5.56. The standard InChI is InChI=1S/C55H38N2/c1-38-31-45(39-17-5-2-6-18-39)37-52(56-55(38)48-34-46(40-19-7-3-8-20-40)33-47(35-48)41-21-9-4-10-22-41)44-25-15-23-42(32-44)43-24-16-26-49(36-43)57-53-29-13-11-27-50(53)51-28-12-14-30-54(51)57/h2-30,32-37H,1H3. The Kier molecular flexibility index (Phi) is 8.72. The van der Waals surface area contributed by atoms with Crippen LogP contribution in [0.5, 0.6) is 0 Å². The van der Waals surface area contributed by atoms with Crippen LogP contribution in [-0.2, 0) is 0 Å². The number of para-hydroxylation sites is 2. The number of aromatic nitrogens is 1. The molecule has 57 heavy (non-hydrogen) atoms. The highest BCUT2D eigenvalue weighted by atomic mass is 15.0. The molecule has 0 N–H and O–H groups in total. The number of hydrogen-bond acceptors (Lipinski definition) is 1. The van der Waals surface area contributed by atoms with Crippen LogP contribution in [0.2, 0.25) is 0 Å². The van der Waals surface area contributed by atoms with Crippen molar-refractivity contribution in [2.24, 2.45) is 4.99 Å². The monoisotopic (exact) mass is 726 g/mol. The van der Waals surface area contributed by atoms with E-state index in [9.17, 15) is 0 Å². The van der Waals surface area contributed by atoms with Crippen LogP contribution in [0.1, 0.15) is 23.6 Å². The predicted molar refractivity (Wildman–Crippen MR) is 241 cm³/mol. The van der Waals surface area contributed by atoms with Crippen molar-refractivity contribution in [3.63, 3.8) is 0 Å². The maximum Gasteiger partial charge on any atom is 0.0816 e. The zero-order valence-electron chi connectivity index (χ0n) is 31.6. The predicted octanol–water partition coefficient (Wildman–Crippen LogP) is 14.3. The average molecular weight is 727 g/mol. The minimum Gasteiger partial charge on any atom is -0.309 e. The Morgan fingerprint density at radius 3 is 1.46 bits per heavy atom. The zero-order chi connectivity index (χ0) is 38.1. The first kappa shape index (κ1) is 34.0. The quantitative estimate of drug-likeness (QED) is 0.146. The molecule has 0 radical (unpaired) electrons. The third-order valence-corrected chi connectivity index (χ3v) is 10.9. The van der Waals surface area contributed by atoms with E-state index in [4.69, 9.17) is 4.99 Å². The highest BCUT2D eigenvalue weighted by Crippen LogP contribution is 2.36. The third-order valence-electron chi connectivity index (χ3n) is 10.9. The van der Waals surface area contributed by atoms with Gasteiger partial charge in [0.1, 0.15) is 0 Å². The van der Waals surface area contributed by atoms with E-state index in [2.05, 4.69) is 230 Å². The van der Waals surface area contributed by atoms with Crippen LogP contribution in [0, 0.1) is 0 Å². The van der Waals surface area contributed by atoms with Gasteiger partial charge in [-0.25, -0.2) is 4.99 Å². The number of rotatable bonds is 7. The fraction of sp³-hybridized carbons (Fsp3) is 0.0182. The van der Waals surface area contributed by atoms with E-state index in [1.807, 2.05) is 0 Å². The number of benzene rings is 8. The molecule has 9 aromatic rings. The minimum atomic E-state index is 0.889. The minimum absolute atomic E-state index is 0.889. The maximum absolute atomic E-state index is 5.56. The van der Waals surface area contributed by atoms with Crippen LogP contribution >= 0.6 is 0 Å². The Labute approximate surface area is 333 Å². The van der Waals surface area contributed by atoms with Crippen molar-refractivity contribution >= 4 is 38.8 Å². The second kappa shape index (κ2) is 14.6. The van der Waals surface area contributed by atoms with Crippen molar-refractivity contribution in [3.05, 3.63) is 240 Å². The van der Waals surface area contributed by atoms with Gasteiger partial charge >= 0.3 is 0 Å². The van der Waals surface area contributed by atoms with Gasteiger partial charge in [-0.2, -0.15) is 0 Å². The van der Waals surface area contributed by atoms with E-state index in [0.717, 1.165) is 67.2 Å². The summed E-state index contributed by atoms with van der Waals surface area (Å²) in [5.74, 6) is 0. The van der Waals surface area contributed by atoms with Gasteiger partial charge in [0.05, 0.1) is 22.4 Å². The molecule has 2 nitrogen and oxygen atoms in total. The Morgan fingerprint density at radius 2 is 0.842 bits per heavy atom. The first-order valence-corrected chi connectivity index (χ1v) is 19.5. The smallest absolute Gasteiger partial charge is 0.0816 e. The first-order chi connectivity index (χ1) is 28.2. The Bertz CT molecular complexity index is 2970. The molecule has 0 bridgehead atoms. The number of nitrogens with zero attached hydrogens (tertiary/aromatic N) is 2. The lowest BCUT2D eigenvalue weighted by Crippen LogP contribution is -2.04. The van der Waals surface area contributed by atoms with Gasteiger partial charge in [-0.1, -0.05) is 158 Å². The molecule has 0 fully saturated rings. The van der Waals surface area contributed by atoms with Gasteiger partial charge in [-0.05, 0) is 100 Å². The molecule has 1 aliphatic heterocycles. The van der Waals surface area contributed by atoms with Gasteiger partial charge in [0.2, 0.25) is 0 Å². The van der Waals surface area contributed by atoms with Crippen LogP contribution in [-0.4, -0.2) is 10.3 Å². The second-order valence-electron chi connectivity index (χ2n) is 14.6. The Morgan fingerprint density at radius 1 is 0.386 bits per heavy atom. The molecule has 0 saturated heterocycles. The van der Waals surface area contributed by atoms with Crippen molar-refractivity contribution in [3.8, 4) is 39.1 Å². The third kappa shape index (κ3) is 6.55. The van der Waals surface area contributed by atoms with Crippen LogP contribution < -0.4 is 0 Å². The molecule has 2 heteroatoms. The summed E-state index contributed by atoms with van der Waals surface area (Å²) < 4.78 is 2.38. The van der Waals surface area contributed by atoms with Crippen molar-refractivity contribution in [2.75, 3.05) is 0 Å². The molecular formula is C55H38N2. The van der Waals surface area contributed by atoms with Gasteiger partial charge in [0, 0.05) is 38.7 Å². The van der Waals surface area contributed by atoms with Gasteiger partial charge < -0.3 is 4.57 Å². The SMILES string of the molecule is CC1=C=C(c2ccccc2)C=C(c2cccc(-c3cccc(-n4c5ccccc5c5ccccc54)c3)c2)N=C1c1cc(-c2ccccc2)cc(-c2ccccc2)c1. The largest absolute Gasteiger partial charge is 0.309 e. The summed E-state index contributed by atoms with van der Waals surface area (Å²) in [5, 5.41) is 2.51. The van der Waals surface area contributed by atoms with Crippen LogP contribution in [0.25, 0.3) is 72.1 Å². The van der Waals surface area contributed by atoms with E-state index in [1.54, 1.807) is 0 Å². The molecule has 0 unspecified atom stereocenters. The lowest BCUT2D eigenvalue weighted by atomic mass is 9.92. The van der Waals surface area contributed by atoms with Crippen LogP contribution in [0.15, 0.2) is 229 Å². The van der Waals surface area contributed by atoms with Crippen molar-refractivity contribution < 1.29 is 0 Å². The molecule has 0 spiro atoms. The van der Waals surface area contributed by atoms with Gasteiger partial charge in [0.25, 0.3) is 0 Å². The first-order valence-electron chi connectivity index (χ1n) is 19.5. The average Bonchev–Trinajstić information content (AvgIpc) is 3.51. The summed E-state index contributed by atoms with van der Waals surface area (Å²) >= 11 is 0. The molecule has 0 saturated carbocycles. The summed E-state index contributed by atoms with van der Waals surface area (Å²) in [7, 11) is 0. The van der Waals surface area contributed by atoms with Crippen molar-refractivity contribution in [2.45, 2.75) is 6.92 Å². The molecular weight excluding hydrogens is 689 g/mol.